The van der Waals surface area contributed by atoms with E-state index in [-0.39, 0.29) is 5.56 Å². The molecule has 140 valence electrons. The summed E-state index contributed by atoms with van der Waals surface area (Å²) in [7, 11) is 0. The number of alkyl halides is 3. The van der Waals surface area contributed by atoms with Crippen molar-refractivity contribution in [3.05, 3.63) is 52.6 Å². The van der Waals surface area contributed by atoms with Gasteiger partial charge in [-0.15, -0.1) is 0 Å². The van der Waals surface area contributed by atoms with E-state index in [0.717, 1.165) is 23.5 Å². The van der Waals surface area contributed by atoms with Crippen LogP contribution in [0.1, 0.15) is 28.9 Å². The third kappa shape index (κ3) is 4.14. The van der Waals surface area contributed by atoms with Crippen LogP contribution in [0.15, 0.2) is 24.3 Å². The monoisotopic (exact) mass is 371 g/mol. The highest BCUT2D eigenvalue weighted by molar-refractivity contribution is 5.67. The van der Waals surface area contributed by atoms with Gasteiger partial charge in [0.2, 0.25) is 0 Å². The van der Waals surface area contributed by atoms with E-state index in [2.05, 4.69) is 5.10 Å². The van der Waals surface area contributed by atoms with Crippen LogP contribution in [0.2, 0.25) is 0 Å². The smallest absolute Gasteiger partial charge is 0.416 e. The number of hydrogen-bond acceptors (Lipinski definition) is 3. The lowest BCUT2D eigenvalue weighted by molar-refractivity contribution is -0.137. The number of carbonyl (C=O) groups is 1. The Morgan fingerprint density at radius 1 is 1.23 bits per heavy atom. The number of fused-ring (bicyclic) bond motifs is 1. The Labute approximate surface area is 147 Å². The standard InChI is InChI=1S/C17H17F4N3O2/c1-11-5-15-9-23(3-2-4-24(15)22-11)16(25)26-10-12-6-13(17(19,20)21)8-14(18)7-12/h5-8H,2-4,9-10H2,1H3. The average molecular weight is 371 g/mol. The first-order valence-corrected chi connectivity index (χ1v) is 8.04. The summed E-state index contributed by atoms with van der Waals surface area (Å²) in [6.07, 6.45) is -4.64. The molecule has 1 aliphatic heterocycles. The Kier molecular flexibility index (Phi) is 4.88. The van der Waals surface area contributed by atoms with E-state index in [4.69, 9.17) is 4.74 Å². The molecule has 0 bridgehead atoms. The molecule has 0 saturated heterocycles. The molecule has 1 aromatic carbocycles. The fraction of sp³-hybridized carbons (Fsp3) is 0.412. The molecule has 0 saturated carbocycles. The zero-order valence-electron chi connectivity index (χ0n) is 14.0. The maximum atomic E-state index is 13.4. The number of halogens is 4. The molecular weight excluding hydrogens is 354 g/mol. The van der Waals surface area contributed by atoms with Crippen molar-refractivity contribution in [2.24, 2.45) is 0 Å². The topological polar surface area (TPSA) is 47.4 Å². The lowest BCUT2D eigenvalue weighted by Gasteiger charge is -2.19. The lowest BCUT2D eigenvalue weighted by atomic mass is 10.1. The maximum Gasteiger partial charge on any atom is 0.416 e. The SMILES string of the molecule is Cc1cc2n(n1)CCCN(C(=O)OCc1cc(F)cc(C(F)(F)F)c1)C2. The van der Waals surface area contributed by atoms with E-state index >= 15 is 0 Å². The average Bonchev–Trinajstić information content (AvgIpc) is 2.78. The first kappa shape index (κ1) is 18.2. The van der Waals surface area contributed by atoms with Crippen molar-refractivity contribution >= 4 is 6.09 Å². The number of amides is 1. The summed E-state index contributed by atoms with van der Waals surface area (Å²) in [5.41, 5.74) is 0.538. The second-order valence-corrected chi connectivity index (χ2v) is 6.18. The molecular formula is C17H17F4N3O2. The summed E-state index contributed by atoms with van der Waals surface area (Å²) in [6.45, 7) is 2.83. The van der Waals surface area contributed by atoms with Crippen molar-refractivity contribution in [1.82, 2.24) is 14.7 Å². The van der Waals surface area contributed by atoms with Crippen molar-refractivity contribution in [2.45, 2.75) is 39.2 Å². The molecule has 1 aliphatic rings. The molecule has 9 heteroatoms. The Hall–Kier alpha value is -2.58. The third-order valence-corrected chi connectivity index (χ3v) is 4.04. The van der Waals surface area contributed by atoms with Crippen LogP contribution in [-0.4, -0.2) is 27.3 Å². The molecule has 0 radical (unpaired) electrons. The van der Waals surface area contributed by atoms with Crippen LogP contribution < -0.4 is 0 Å². The van der Waals surface area contributed by atoms with Crippen LogP contribution in [0.5, 0.6) is 0 Å². The van der Waals surface area contributed by atoms with Gasteiger partial charge in [0.1, 0.15) is 12.4 Å². The van der Waals surface area contributed by atoms with Gasteiger partial charge in [-0.2, -0.15) is 18.3 Å². The highest BCUT2D eigenvalue weighted by atomic mass is 19.4. The fourth-order valence-electron chi connectivity index (χ4n) is 2.90. The Bertz CT molecular complexity index is 817. The number of aryl methyl sites for hydroxylation is 2. The van der Waals surface area contributed by atoms with Crippen LogP contribution in [0.4, 0.5) is 22.4 Å². The highest BCUT2D eigenvalue weighted by Gasteiger charge is 2.31. The second-order valence-electron chi connectivity index (χ2n) is 6.18. The number of ether oxygens (including phenoxy) is 1. The van der Waals surface area contributed by atoms with E-state index in [0.29, 0.717) is 32.1 Å². The molecule has 2 aromatic rings. The molecule has 0 aliphatic carbocycles. The molecule has 3 rings (SSSR count). The summed E-state index contributed by atoms with van der Waals surface area (Å²) in [5, 5.41) is 4.33. The third-order valence-electron chi connectivity index (χ3n) is 4.04. The van der Waals surface area contributed by atoms with E-state index in [9.17, 15) is 22.4 Å². The zero-order valence-corrected chi connectivity index (χ0v) is 14.0. The van der Waals surface area contributed by atoms with Crippen molar-refractivity contribution in [3.8, 4) is 0 Å². The van der Waals surface area contributed by atoms with E-state index < -0.39 is 30.3 Å². The Balaban J connectivity index is 1.66. The molecule has 26 heavy (non-hydrogen) atoms. The molecule has 0 spiro atoms. The van der Waals surface area contributed by atoms with Gasteiger partial charge in [0, 0.05) is 13.1 Å². The number of carbonyl (C=O) groups excluding carboxylic acids is 1. The fourth-order valence-corrected chi connectivity index (χ4v) is 2.90. The molecule has 1 aromatic heterocycles. The van der Waals surface area contributed by atoms with Gasteiger partial charge in [-0.1, -0.05) is 0 Å². The Morgan fingerprint density at radius 3 is 2.73 bits per heavy atom. The predicted molar refractivity (Wildman–Crippen MR) is 83.6 cm³/mol. The summed E-state index contributed by atoms with van der Waals surface area (Å²) >= 11 is 0. The van der Waals surface area contributed by atoms with Gasteiger partial charge in [0.15, 0.2) is 0 Å². The second kappa shape index (κ2) is 6.97. The van der Waals surface area contributed by atoms with E-state index in [1.807, 2.05) is 17.7 Å². The van der Waals surface area contributed by atoms with Crippen molar-refractivity contribution in [2.75, 3.05) is 6.54 Å². The zero-order chi connectivity index (χ0) is 18.9. The van der Waals surface area contributed by atoms with E-state index in [1.54, 1.807) is 0 Å². The number of benzene rings is 1. The van der Waals surface area contributed by atoms with Crippen molar-refractivity contribution < 1.29 is 27.1 Å². The summed E-state index contributed by atoms with van der Waals surface area (Å²) in [6, 6.07) is 3.97. The molecule has 0 fully saturated rings. The number of hydrogen-bond donors (Lipinski definition) is 0. The summed E-state index contributed by atoms with van der Waals surface area (Å²) in [5.74, 6) is -1.03. The summed E-state index contributed by atoms with van der Waals surface area (Å²) in [4.78, 5) is 13.7. The van der Waals surface area contributed by atoms with Gasteiger partial charge < -0.3 is 9.64 Å². The molecule has 5 nitrogen and oxygen atoms in total. The van der Waals surface area contributed by atoms with Crippen LogP contribution in [0, 0.1) is 12.7 Å². The predicted octanol–water partition coefficient (Wildman–Crippen LogP) is 3.89. The van der Waals surface area contributed by atoms with Gasteiger partial charge >= 0.3 is 12.3 Å². The number of rotatable bonds is 2. The first-order chi connectivity index (χ1) is 12.2. The quantitative estimate of drug-likeness (QED) is 0.753. The molecule has 1 amide bonds. The largest absolute Gasteiger partial charge is 0.445 e. The van der Waals surface area contributed by atoms with E-state index in [1.165, 1.54) is 4.90 Å². The van der Waals surface area contributed by atoms with Crippen LogP contribution in [-0.2, 0) is 30.6 Å². The highest BCUT2D eigenvalue weighted by Crippen LogP contribution is 2.30. The Morgan fingerprint density at radius 2 is 2.00 bits per heavy atom. The molecule has 0 atom stereocenters. The normalized spacial score (nSPS) is 14.7. The molecule has 0 N–H and O–H groups in total. The van der Waals surface area contributed by atoms with Crippen molar-refractivity contribution in [1.29, 1.82) is 0 Å². The minimum atomic E-state index is -4.66. The maximum absolute atomic E-state index is 13.4. The number of nitrogens with zero attached hydrogens (tertiary/aromatic N) is 3. The van der Waals surface area contributed by atoms with Gasteiger partial charge in [0.25, 0.3) is 0 Å². The van der Waals surface area contributed by atoms with Gasteiger partial charge in [-0.05, 0) is 43.2 Å². The van der Waals surface area contributed by atoms with Gasteiger partial charge in [0.05, 0.1) is 23.5 Å². The van der Waals surface area contributed by atoms with Gasteiger partial charge in [-0.3, -0.25) is 4.68 Å². The van der Waals surface area contributed by atoms with Gasteiger partial charge in [-0.25, -0.2) is 9.18 Å². The van der Waals surface area contributed by atoms with Crippen LogP contribution in [0.3, 0.4) is 0 Å². The lowest BCUT2D eigenvalue weighted by Crippen LogP contribution is -2.31. The summed E-state index contributed by atoms with van der Waals surface area (Å²) < 4.78 is 58.5. The minimum absolute atomic E-state index is 0.0543. The minimum Gasteiger partial charge on any atom is -0.445 e. The number of aromatic nitrogens is 2. The molecule has 2 heterocycles. The first-order valence-electron chi connectivity index (χ1n) is 8.04. The van der Waals surface area contributed by atoms with Crippen LogP contribution in [0.25, 0.3) is 0 Å². The molecule has 0 unspecified atom stereocenters. The van der Waals surface area contributed by atoms with Crippen molar-refractivity contribution in [3.63, 3.8) is 0 Å². The van der Waals surface area contributed by atoms with Crippen LogP contribution >= 0.6 is 0 Å².